The average Bonchev–Trinajstić information content (AvgIpc) is 2.37. The van der Waals surface area contributed by atoms with Crippen LogP contribution < -0.4 is 0 Å². The lowest BCUT2D eigenvalue weighted by atomic mass is 10.1. The normalized spacial score (nSPS) is 11.5. The largest absolute Gasteiger partial charge is 0.338 e. The second-order valence-corrected chi connectivity index (χ2v) is 4.90. The molecule has 1 unspecified atom stereocenters. The first-order valence-corrected chi connectivity index (χ1v) is 6.25. The molecule has 0 aliphatic carbocycles. The summed E-state index contributed by atoms with van der Waals surface area (Å²) < 4.78 is 0.485. The molecule has 1 amide bonds. The SMILES string of the molecule is CC(CC#N)N(C)C(=O)c1cc([N+](=O)[O-])ccc1Br. The molecule has 0 saturated heterocycles. The van der Waals surface area contributed by atoms with Crippen molar-refractivity contribution in [2.45, 2.75) is 19.4 Å². The molecule has 0 radical (unpaired) electrons. The molecular formula is C12H12BrN3O3. The van der Waals surface area contributed by atoms with E-state index in [9.17, 15) is 14.9 Å². The number of non-ortho nitro benzene ring substituents is 1. The first-order valence-electron chi connectivity index (χ1n) is 5.46. The van der Waals surface area contributed by atoms with Crippen molar-refractivity contribution in [3.05, 3.63) is 38.3 Å². The summed E-state index contributed by atoms with van der Waals surface area (Å²) in [5.74, 6) is -0.363. The Morgan fingerprint density at radius 1 is 1.63 bits per heavy atom. The van der Waals surface area contributed by atoms with E-state index in [1.54, 1.807) is 14.0 Å². The molecule has 0 aromatic heterocycles. The maximum absolute atomic E-state index is 12.2. The Balaban J connectivity index is 3.09. The Hall–Kier alpha value is -1.94. The highest BCUT2D eigenvalue weighted by Crippen LogP contribution is 2.24. The molecule has 0 fully saturated rings. The van der Waals surface area contributed by atoms with E-state index >= 15 is 0 Å². The van der Waals surface area contributed by atoms with E-state index < -0.39 is 4.92 Å². The van der Waals surface area contributed by atoms with Gasteiger partial charge in [-0.3, -0.25) is 14.9 Å². The molecule has 0 heterocycles. The summed E-state index contributed by atoms with van der Waals surface area (Å²) in [7, 11) is 1.57. The van der Waals surface area contributed by atoms with Crippen LogP contribution in [0.3, 0.4) is 0 Å². The van der Waals surface area contributed by atoms with Gasteiger partial charge in [-0.15, -0.1) is 0 Å². The van der Waals surface area contributed by atoms with Crippen molar-refractivity contribution in [3.8, 4) is 6.07 Å². The lowest BCUT2D eigenvalue weighted by Crippen LogP contribution is -2.35. The molecule has 1 rings (SSSR count). The van der Waals surface area contributed by atoms with Gasteiger partial charge in [0.05, 0.1) is 23.0 Å². The van der Waals surface area contributed by atoms with Crippen LogP contribution in [0, 0.1) is 21.4 Å². The Morgan fingerprint density at radius 3 is 2.79 bits per heavy atom. The number of nitriles is 1. The zero-order valence-electron chi connectivity index (χ0n) is 10.5. The molecule has 1 aromatic carbocycles. The van der Waals surface area contributed by atoms with Crippen LogP contribution in [0.25, 0.3) is 0 Å². The molecule has 0 spiro atoms. The highest BCUT2D eigenvalue weighted by molar-refractivity contribution is 9.10. The molecular weight excluding hydrogens is 314 g/mol. The Bertz CT molecular complexity index is 554. The quantitative estimate of drug-likeness (QED) is 0.629. The minimum Gasteiger partial charge on any atom is -0.338 e. The first-order chi connectivity index (χ1) is 8.88. The number of carbonyl (C=O) groups is 1. The van der Waals surface area contributed by atoms with Crippen molar-refractivity contribution in [3.63, 3.8) is 0 Å². The predicted octanol–water partition coefficient (Wildman–Crippen LogP) is 2.73. The van der Waals surface area contributed by atoms with Gasteiger partial charge in [-0.2, -0.15) is 5.26 Å². The fourth-order valence-corrected chi connectivity index (χ4v) is 1.87. The number of rotatable bonds is 4. The van der Waals surface area contributed by atoms with E-state index in [1.807, 2.05) is 6.07 Å². The lowest BCUT2D eigenvalue weighted by molar-refractivity contribution is -0.384. The molecule has 0 saturated carbocycles. The van der Waals surface area contributed by atoms with E-state index in [-0.39, 0.29) is 29.6 Å². The van der Waals surface area contributed by atoms with E-state index in [4.69, 9.17) is 5.26 Å². The van der Waals surface area contributed by atoms with E-state index in [1.165, 1.54) is 23.1 Å². The van der Waals surface area contributed by atoms with Gasteiger partial charge in [-0.05, 0) is 28.9 Å². The first kappa shape index (κ1) is 15.1. The van der Waals surface area contributed by atoms with Gasteiger partial charge in [0, 0.05) is 29.7 Å². The van der Waals surface area contributed by atoms with Gasteiger partial charge < -0.3 is 4.90 Å². The molecule has 100 valence electrons. The summed E-state index contributed by atoms with van der Waals surface area (Å²) in [5, 5.41) is 19.3. The summed E-state index contributed by atoms with van der Waals surface area (Å²) >= 11 is 3.20. The van der Waals surface area contributed by atoms with Gasteiger partial charge >= 0.3 is 0 Å². The summed E-state index contributed by atoms with van der Waals surface area (Å²) in [4.78, 5) is 23.8. The van der Waals surface area contributed by atoms with Crippen LogP contribution in [0.15, 0.2) is 22.7 Å². The summed E-state index contributed by atoms with van der Waals surface area (Å²) in [6.07, 6.45) is 0.203. The Kier molecular flexibility index (Phi) is 5.01. The zero-order chi connectivity index (χ0) is 14.6. The Labute approximate surface area is 118 Å². The molecule has 1 atom stereocenters. The number of carbonyl (C=O) groups excluding carboxylic acids is 1. The Morgan fingerprint density at radius 2 is 2.26 bits per heavy atom. The van der Waals surface area contributed by atoms with Crippen LogP contribution in [0.2, 0.25) is 0 Å². The number of hydrogen-bond donors (Lipinski definition) is 0. The van der Waals surface area contributed by atoms with Crippen molar-refractivity contribution in [2.24, 2.45) is 0 Å². The van der Waals surface area contributed by atoms with Crippen molar-refractivity contribution in [1.29, 1.82) is 5.26 Å². The third-order valence-electron chi connectivity index (χ3n) is 2.76. The summed E-state index contributed by atoms with van der Waals surface area (Å²) in [6.45, 7) is 1.74. The highest BCUT2D eigenvalue weighted by Gasteiger charge is 2.21. The van der Waals surface area contributed by atoms with Crippen LogP contribution in [0.5, 0.6) is 0 Å². The number of nitro benzene ring substituents is 1. The minimum absolute atomic E-state index is 0.145. The van der Waals surface area contributed by atoms with Gasteiger partial charge in [0.25, 0.3) is 11.6 Å². The zero-order valence-corrected chi connectivity index (χ0v) is 12.0. The number of amides is 1. The van der Waals surface area contributed by atoms with E-state index in [2.05, 4.69) is 15.9 Å². The van der Waals surface area contributed by atoms with Gasteiger partial charge in [-0.25, -0.2) is 0 Å². The second-order valence-electron chi connectivity index (χ2n) is 4.05. The number of hydrogen-bond acceptors (Lipinski definition) is 4. The predicted molar refractivity (Wildman–Crippen MR) is 72.6 cm³/mol. The smallest absolute Gasteiger partial charge is 0.270 e. The van der Waals surface area contributed by atoms with Gasteiger partial charge in [0.15, 0.2) is 0 Å². The topological polar surface area (TPSA) is 87.2 Å². The molecule has 0 aliphatic rings. The molecule has 7 heteroatoms. The van der Waals surface area contributed by atoms with Gasteiger partial charge in [0.1, 0.15) is 0 Å². The maximum atomic E-state index is 12.2. The molecule has 6 nitrogen and oxygen atoms in total. The monoisotopic (exact) mass is 325 g/mol. The lowest BCUT2D eigenvalue weighted by Gasteiger charge is -2.23. The fourth-order valence-electron chi connectivity index (χ4n) is 1.45. The molecule has 0 aliphatic heterocycles. The fraction of sp³-hybridized carbons (Fsp3) is 0.333. The number of nitrogens with zero attached hydrogens (tertiary/aromatic N) is 3. The van der Waals surface area contributed by atoms with Crippen molar-refractivity contribution < 1.29 is 9.72 Å². The number of nitro groups is 1. The van der Waals surface area contributed by atoms with Crippen LogP contribution >= 0.6 is 15.9 Å². The third kappa shape index (κ3) is 3.51. The number of halogens is 1. The standard InChI is InChI=1S/C12H12BrN3O3/c1-8(5-6-14)15(2)12(17)10-7-9(16(18)19)3-4-11(10)13/h3-4,7-8H,5H2,1-2H3. The second kappa shape index (κ2) is 6.29. The van der Waals surface area contributed by atoms with Crippen LogP contribution in [-0.2, 0) is 0 Å². The maximum Gasteiger partial charge on any atom is 0.270 e. The third-order valence-corrected chi connectivity index (χ3v) is 3.45. The minimum atomic E-state index is -0.554. The summed E-state index contributed by atoms with van der Waals surface area (Å²) in [5.41, 5.74) is 0.0642. The van der Waals surface area contributed by atoms with Crippen molar-refractivity contribution in [2.75, 3.05) is 7.05 Å². The molecule has 0 N–H and O–H groups in total. The van der Waals surface area contributed by atoms with E-state index in [0.29, 0.717) is 4.47 Å². The van der Waals surface area contributed by atoms with Gasteiger partial charge in [0.2, 0.25) is 0 Å². The molecule has 19 heavy (non-hydrogen) atoms. The average molecular weight is 326 g/mol. The summed E-state index contributed by atoms with van der Waals surface area (Å²) in [6, 6.07) is 5.73. The highest BCUT2D eigenvalue weighted by atomic mass is 79.9. The van der Waals surface area contributed by atoms with E-state index in [0.717, 1.165) is 0 Å². The van der Waals surface area contributed by atoms with Gasteiger partial charge in [-0.1, -0.05) is 0 Å². The van der Waals surface area contributed by atoms with Crippen molar-refractivity contribution >= 4 is 27.5 Å². The van der Waals surface area contributed by atoms with Crippen molar-refractivity contribution in [1.82, 2.24) is 4.90 Å². The van der Waals surface area contributed by atoms with Crippen LogP contribution in [-0.4, -0.2) is 28.8 Å². The molecule has 1 aromatic rings. The van der Waals surface area contributed by atoms with Crippen LogP contribution in [0.1, 0.15) is 23.7 Å². The molecule has 0 bridgehead atoms. The number of benzene rings is 1. The van der Waals surface area contributed by atoms with Crippen LogP contribution in [0.4, 0.5) is 5.69 Å².